The van der Waals surface area contributed by atoms with Gasteiger partial charge in [0.1, 0.15) is 5.82 Å². The third-order valence-electron chi connectivity index (χ3n) is 8.79. The average molecular weight is 418 g/mol. The van der Waals surface area contributed by atoms with Gasteiger partial charge in [0.05, 0.1) is 18.3 Å². The highest BCUT2D eigenvalue weighted by atomic mass is 19.1. The van der Waals surface area contributed by atoms with Crippen molar-refractivity contribution in [3.8, 4) is 0 Å². The van der Waals surface area contributed by atoms with Crippen LogP contribution < -0.4 is 5.32 Å². The first-order valence-electron chi connectivity index (χ1n) is 12.1. The Hall–Kier alpha value is -1.13. The molecule has 4 heteroatoms. The van der Waals surface area contributed by atoms with Gasteiger partial charge in [-0.05, 0) is 119 Å². The van der Waals surface area contributed by atoms with Gasteiger partial charge in [-0.2, -0.15) is 0 Å². The quantitative estimate of drug-likeness (QED) is 0.556. The van der Waals surface area contributed by atoms with Crippen LogP contribution >= 0.6 is 0 Å². The lowest BCUT2D eigenvalue weighted by Gasteiger charge is -2.55. The van der Waals surface area contributed by atoms with Gasteiger partial charge in [0.15, 0.2) is 0 Å². The molecule has 3 saturated carbocycles. The molecule has 7 atom stereocenters. The molecule has 0 aromatic heterocycles. The number of hydrogen-bond acceptors (Lipinski definition) is 3. The molecule has 168 valence electrons. The molecule has 0 amide bonds. The van der Waals surface area contributed by atoms with Gasteiger partial charge in [-0.1, -0.05) is 6.92 Å². The van der Waals surface area contributed by atoms with Gasteiger partial charge in [-0.25, -0.2) is 4.39 Å². The molecule has 30 heavy (non-hydrogen) atoms. The van der Waals surface area contributed by atoms with Gasteiger partial charge >= 0.3 is 0 Å². The van der Waals surface area contributed by atoms with Gasteiger partial charge in [-0.15, -0.1) is 0 Å². The van der Waals surface area contributed by atoms with Gasteiger partial charge < -0.3 is 15.2 Å². The van der Waals surface area contributed by atoms with Crippen LogP contribution in [0.2, 0.25) is 0 Å². The molecule has 2 N–H and O–H groups in total. The molecule has 1 aromatic carbocycles. The predicted molar refractivity (Wildman–Crippen MR) is 120 cm³/mol. The summed E-state index contributed by atoms with van der Waals surface area (Å²) >= 11 is 0. The minimum Gasteiger partial charge on any atom is -0.390 e. The topological polar surface area (TPSA) is 41.5 Å². The second-order valence-corrected chi connectivity index (χ2v) is 11.0. The average Bonchev–Trinajstić information content (AvgIpc) is 2.71. The Morgan fingerprint density at radius 1 is 1.03 bits per heavy atom. The Morgan fingerprint density at radius 3 is 2.37 bits per heavy atom. The summed E-state index contributed by atoms with van der Waals surface area (Å²) in [6.45, 7) is 8.13. The standard InChI is InChI=1S/C26H40FNO2/c1-18(30-15-14-28-22-8-6-21(27)7-9-22)25(2)12-10-23-19(16-25)4-5-20-17-26(3,29)13-11-24(20)23/h6-9,18-20,23-24,28-29H,4-5,10-17H2,1-3H3/t18?,19-,20?,23-,24?,25?,26+/m0/s1. The molecule has 0 radical (unpaired) electrons. The Balaban J connectivity index is 1.26. The number of benzene rings is 1. The summed E-state index contributed by atoms with van der Waals surface area (Å²) in [4.78, 5) is 0. The molecule has 0 heterocycles. The first-order valence-corrected chi connectivity index (χ1v) is 12.1. The van der Waals surface area contributed by atoms with Crippen molar-refractivity contribution in [2.45, 2.75) is 83.8 Å². The predicted octanol–water partition coefficient (Wildman–Crippen LogP) is 6.03. The van der Waals surface area contributed by atoms with Crippen molar-refractivity contribution in [3.63, 3.8) is 0 Å². The summed E-state index contributed by atoms with van der Waals surface area (Å²) in [5.74, 6) is 3.06. The van der Waals surface area contributed by atoms with Crippen LogP contribution in [0.4, 0.5) is 10.1 Å². The molecule has 3 nitrogen and oxygen atoms in total. The lowest BCUT2D eigenvalue weighted by Crippen LogP contribution is -2.49. The van der Waals surface area contributed by atoms with Gasteiger partial charge in [-0.3, -0.25) is 0 Å². The summed E-state index contributed by atoms with van der Waals surface area (Å²) in [5.41, 5.74) is 0.758. The lowest BCUT2D eigenvalue weighted by atomic mass is 9.52. The van der Waals surface area contributed by atoms with Crippen molar-refractivity contribution in [1.82, 2.24) is 0 Å². The molecular weight excluding hydrogens is 377 g/mol. The summed E-state index contributed by atoms with van der Waals surface area (Å²) in [6.07, 6.45) is 9.95. The van der Waals surface area contributed by atoms with Crippen molar-refractivity contribution in [2.75, 3.05) is 18.5 Å². The Morgan fingerprint density at radius 2 is 1.67 bits per heavy atom. The van der Waals surface area contributed by atoms with Gasteiger partial charge in [0.2, 0.25) is 0 Å². The molecule has 4 rings (SSSR count). The number of hydrogen-bond donors (Lipinski definition) is 2. The summed E-state index contributed by atoms with van der Waals surface area (Å²) in [7, 11) is 0. The van der Waals surface area contributed by atoms with Crippen molar-refractivity contribution in [3.05, 3.63) is 30.1 Å². The van der Waals surface area contributed by atoms with Crippen LogP contribution in [0.25, 0.3) is 0 Å². The van der Waals surface area contributed by atoms with Crippen LogP contribution in [0.1, 0.15) is 72.1 Å². The fourth-order valence-electron chi connectivity index (χ4n) is 6.87. The van der Waals surface area contributed by atoms with E-state index in [1.165, 1.54) is 50.7 Å². The molecule has 0 saturated heterocycles. The molecular formula is C26H40FNO2. The van der Waals surface area contributed by atoms with E-state index >= 15 is 0 Å². The summed E-state index contributed by atoms with van der Waals surface area (Å²) in [5, 5.41) is 13.8. The van der Waals surface area contributed by atoms with Gasteiger partial charge in [0, 0.05) is 12.2 Å². The minimum atomic E-state index is -0.429. The first kappa shape index (κ1) is 22.1. The van der Waals surface area contributed by atoms with E-state index in [1.54, 1.807) is 12.1 Å². The van der Waals surface area contributed by atoms with Crippen LogP contribution in [0.5, 0.6) is 0 Å². The lowest BCUT2D eigenvalue weighted by molar-refractivity contribution is -0.104. The largest absolute Gasteiger partial charge is 0.390 e. The van der Waals surface area contributed by atoms with Crippen LogP contribution in [0, 0.1) is 34.9 Å². The molecule has 3 fully saturated rings. The number of halogens is 1. The maximum Gasteiger partial charge on any atom is 0.123 e. The third kappa shape index (κ3) is 4.85. The molecule has 4 unspecified atom stereocenters. The van der Waals surface area contributed by atoms with Crippen molar-refractivity contribution >= 4 is 5.69 Å². The second-order valence-electron chi connectivity index (χ2n) is 11.0. The van der Waals surface area contributed by atoms with Crippen molar-refractivity contribution < 1.29 is 14.2 Å². The van der Waals surface area contributed by atoms with E-state index in [2.05, 4.69) is 19.2 Å². The number of aliphatic hydroxyl groups is 1. The van der Waals surface area contributed by atoms with Gasteiger partial charge in [0.25, 0.3) is 0 Å². The fourth-order valence-corrected chi connectivity index (χ4v) is 6.87. The SMILES string of the molecule is CC(OCCNc1ccc(F)cc1)C1(C)CC[C@@H]2C3CC[C@@](C)(O)CC3CC[C@H]2C1. The number of anilines is 1. The minimum absolute atomic E-state index is 0.207. The molecule has 0 spiro atoms. The number of rotatable bonds is 6. The third-order valence-corrected chi connectivity index (χ3v) is 8.79. The Kier molecular flexibility index (Phi) is 6.46. The Bertz CT molecular complexity index is 705. The van der Waals surface area contributed by atoms with E-state index in [1.807, 2.05) is 6.92 Å². The highest BCUT2D eigenvalue weighted by Crippen LogP contribution is 2.57. The molecule has 3 aliphatic carbocycles. The number of fused-ring (bicyclic) bond motifs is 3. The van der Waals surface area contributed by atoms with Crippen molar-refractivity contribution in [2.24, 2.45) is 29.1 Å². The first-order chi connectivity index (χ1) is 14.3. The molecule has 0 aliphatic heterocycles. The van der Waals surface area contributed by atoms with Crippen LogP contribution in [-0.4, -0.2) is 30.0 Å². The second kappa shape index (κ2) is 8.78. The normalized spacial score (nSPS) is 39.6. The van der Waals surface area contributed by atoms with E-state index in [4.69, 9.17) is 4.74 Å². The van der Waals surface area contributed by atoms with E-state index in [0.29, 0.717) is 6.61 Å². The highest BCUT2D eigenvalue weighted by Gasteiger charge is 2.50. The van der Waals surface area contributed by atoms with Crippen molar-refractivity contribution in [1.29, 1.82) is 0 Å². The zero-order valence-electron chi connectivity index (χ0n) is 19.0. The Labute approximate surface area is 181 Å². The number of ether oxygens (including phenoxy) is 1. The van der Waals surface area contributed by atoms with Crippen LogP contribution in [0.3, 0.4) is 0 Å². The summed E-state index contributed by atoms with van der Waals surface area (Å²) in [6, 6.07) is 6.49. The maximum absolute atomic E-state index is 13.0. The number of nitrogens with one attached hydrogen (secondary N) is 1. The van der Waals surface area contributed by atoms with E-state index in [0.717, 1.165) is 48.7 Å². The molecule has 3 aliphatic rings. The van der Waals surface area contributed by atoms with E-state index in [9.17, 15) is 9.50 Å². The van der Waals surface area contributed by atoms with E-state index < -0.39 is 5.60 Å². The monoisotopic (exact) mass is 417 g/mol. The molecule has 0 bridgehead atoms. The van der Waals surface area contributed by atoms with E-state index in [-0.39, 0.29) is 17.3 Å². The smallest absolute Gasteiger partial charge is 0.123 e. The zero-order valence-corrected chi connectivity index (χ0v) is 19.0. The fraction of sp³-hybridized carbons (Fsp3) is 0.769. The highest BCUT2D eigenvalue weighted by molar-refractivity contribution is 5.42. The summed E-state index contributed by atoms with van der Waals surface area (Å²) < 4.78 is 19.3. The molecule has 1 aromatic rings. The maximum atomic E-state index is 13.0. The zero-order chi connectivity index (χ0) is 21.4. The van der Waals surface area contributed by atoms with Crippen LogP contribution in [-0.2, 0) is 4.74 Å². The van der Waals surface area contributed by atoms with Crippen LogP contribution in [0.15, 0.2) is 24.3 Å².